The lowest BCUT2D eigenvalue weighted by atomic mass is 9.83. The molecule has 0 aliphatic carbocycles. The monoisotopic (exact) mass is 449 g/mol. The van der Waals surface area contributed by atoms with E-state index in [9.17, 15) is 14.9 Å². The van der Waals surface area contributed by atoms with Crippen LogP contribution in [-0.4, -0.2) is 59.9 Å². The molecule has 33 heavy (non-hydrogen) atoms. The van der Waals surface area contributed by atoms with Gasteiger partial charge in [-0.05, 0) is 49.9 Å². The predicted octanol–water partition coefficient (Wildman–Crippen LogP) is 1.60. The third-order valence-electron chi connectivity index (χ3n) is 5.88. The van der Waals surface area contributed by atoms with E-state index < -0.39 is 11.3 Å². The van der Waals surface area contributed by atoms with Crippen molar-refractivity contribution in [3.63, 3.8) is 0 Å². The number of primary amides is 1. The van der Waals surface area contributed by atoms with E-state index in [4.69, 9.17) is 11.5 Å². The van der Waals surface area contributed by atoms with Crippen LogP contribution in [0.5, 0.6) is 0 Å². The number of amides is 2. The van der Waals surface area contributed by atoms with Gasteiger partial charge in [0.25, 0.3) is 11.8 Å². The van der Waals surface area contributed by atoms with Crippen LogP contribution in [0.2, 0.25) is 0 Å². The second-order valence-electron chi connectivity index (χ2n) is 9.27. The average Bonchev–Trinajstić information content (AvgIpc) is 2.78. The lowest BCUT2D eigenvalue weighted by molar-refractivity contribution is 0.0827. The summed E-state index contributed by atoms with van der Waals surface area (Å²) in [5.74, 6) is -0.291. The van der Waals surface area contributed by atoms with Crippen LogP contribution >= 0.6 is 0 Å². The molecular weight excluding hydrogens is 418 g/mol. The Hall–Kier alpha value is -3.51. The first-order chi connectivity index (χ1) is 15.5. The SMILES string of the molecule is CN(C)C(=O)c1cc(Cc2nc(N3CCC[C@H](N)C3)ncc2C(N)=O)cc(C(C)(C)C#N)c1. The van der Waals surface area contributed by atoms with Gasteiger partial charge in [-0.15, -0.1) is 0 Å². The molecule has 174 valence electrons. The fraction of sp³-hybridized carbons (Fsp3) is 0.458. The maximum atomic E-state index is 12.7. The molecule has 0 saturated carbocycles. The van der Waals surface area contributed by atoms with E-state index in [0.29, 0.717) is 29.3 Å². The van der Waals surface area contributed by atoms with Crippen molar-refractivity contribution in [1.82, 2.24) is 14.9 Å². The molecule has 0 radical (unpaired) electrons. The summed E-state index contributed by atoms with van der Waals surface area (Å²) in [6.07, 6.45) is 3.61. The van der Waals surface area contributed by atoms with Gasteiger partial charge in [0.2, 0.25) is 5.95 Å². The highest BCUT2D eigenvalue weighted by molar-refractivity contribution is 5.95. The Balaban J connectivity index is 2.07. The minimum atomic E-state index is -0.801. The molecule has 1 aromatic carbocycles. The predicted molar refractivity (Wildman–Crippen MR) is 126 cm³/mol. The van der Waals surface area contributed by atoms with Gasteiger partial charge in [0, 0.05) is 51.4 Å². The fourth-order valence-corrected chi connectivity index (χ4v) is 3.89. The van der Waals surface area contributed by atoms with Gasteiger partial charge in [0.05, 0.1) is 22.7 Å². The van der Waals surface area contributed by atoms with Crippen molar-refractivity contribution in [1.29, 1.82) is 5.26 Å². The highest BCUT2D eigenvalue weighted by Crippen LogP contribution is 2.27. The molecular formula is C24H31N7O2. The van der Waals surface area contributed by atoms with Crippen LogP contribution in [0.15, 0.2) is 24.4 Å². The van der Waals surface area contributed by atoms with Crippen LogP contribution in [0.4, 0.5) is 5.95 Å². The topological polar surface area (TPSA) is 142 Å². The van der Waals surface area contributed by atoms with E-state index in [1.807, 2.05) is 11.0 Å². The Kier molecular flexibility index (Phi) is 6.98. The van der Waals surface area contributed by atoms with Crippen LogP contribution in [0, 0.1) is 11.3 Å². The van der Waals surface area contributed by atoms with Crippen molar-refractivity contribution in [3.05, 3.63) is 52.3 Å². The van der Waals surface area contributed by atoms with E-state index >= 15 is 0 Å². The zero-order valence-electron chi connectivity index (χ0n) is 19.6. The summed E-state index contributed by atoms with van der Waals surface area (Å²) in [6.45, 7) is 5.03. The van der Waals surface area contributed by atoms with E-state index in [-0.39, 0.29) is 23.9 Å². The third kappa shape index (κ3) is 5.46. The van der Waals surface area contributed by atoms with Crippen molar-refractivity contribution in [3.8, 4) is 6.07 Å². The summed E-state index contributed by atoms with van der Waals surface area (Å²) in [4.78, 5) is 37.3. The molecule has 9 heteroatoms. The van der Waals surface area contributed by atoms with Gasteiger partial charge in [-0.3, -0.25) is 9.59 Å². The molecule has 9 nitrogen and oxygen atoms in total. The highest BCUT2D eigenvalue weighted by atomic mass is 16.2. The summed E-state index contributed by atoms with van der Waals surface area (Å²) >= 11 is 0. The van der Waals surface area contributed by atoms with Crippen LogP contribution in [0.25, 0.3) is 0 Å². The lowest BCUT2D eigenvalue weighted by Gasteiger charge is -2.31. The number of benzene rings is 1. The summed E-state index contributed by atoms with van der Waals surface area (Å²) < 4.78 is 0. The number of nitrogens with zero attached hydrogens (tertiary/aromatic N) is 5. The highest BCUT2D eigenvalue weighted by Gasteiger charge is 2.25. The zero-order chi connectivity index (χ0) is 24.3. The minimum absolute atomic E-state index is 0.0473. The molecule has 1 saturated heterocycles. The van der Waals surface area contributed by atoms with Gasteiger partial charge in [0.1, 0.15) is 0 Å². The second-order valence-corrected chi connectivity index (χ2v) is 9.27. The van der Waals surface area contributed by atoms with Crippen molar-refractivity contribution in [2.75, 3.05) is 32.1 Å². The molecule has 0 spiro atoms. The molecule has 0 unspecified atom stereocenters. The molecule has 1 aromatic heterocycles. The molecule has 2 amide bonds. The van der Waals surface area contributed by atoms with Crippen LogP contribution in [0.3, 0.4) is 0 Å². The van der Waals surface area contributed by atoms with Crippen molar-refractivity contribution >= 4 is 17.8 Å². The summed E-state index contributed by atoms with van der Waals surface area (Å²) in [7, 11) is 3.35. The van der Waals surface area contributed by atoms with Crippen molar-refractivity contribution in [2.24, 2.45) is 11.5 Å². The lowest BCUT2D eigenvalue weighted by Crippen LogP contribution is -2.43. The molecule has 1 aliphatic heterocycles. The Labute approximate surface area is 194 Å². The maximum Gasteiger partial charge on any atom is 0.253 e. The number of nitriles is 1. The number of carbonyl (C=O) groups excluding carboxylic acids is 2. The van der Waals surface area contributed by atoms with E-state index in [2.05, 4.69) is 16.0 Å². The maximum absolute atomic E-state index is 12.7. The summed E-state index contributed by atoms with van der Waals surface area (Å²) in [6, 6.07) is 7.72. The molecule has 3 rings (SSSR count). The Morgan fingerprint density at radius 3 is 2.64 bits per heavy atom. The molecule has 1 atom stereocenters. The average molecular weight is 450 g/mol. The first-order valence-electron chi connectivity index (χ1n) is 11.0. The second kappa shape index (κ2) is 9.55. The Morgan fingerprint density at radius 2 is 2.03 bits per heavy atom. The number of piperidine rings is 1. The molecule has 2 aromatic rings. The number of anilines is 1. The summed E-state index contributed by atoms with van der Waals surface area (Å²) in [5, 5.41) is 9.64. The number of nitrogens with two attached hydrogens (primary N) is 2. The first kappa shape index (κ1) is 24.1. The number of carbonyl (C=O) groups is 2. The summed E-state index contributed by atoms with van der Waals surface area (Å²) in [5.41, 5.74) is 13.5. The fourth-order valence-electron chi connectivity index (χ4n) is 3.89. The molecule has 1 fully saturated rings. The molecule has 2 heterocycles. The first-order valence-corrected chi connectivity index (χ1v) is 11.0. The minimum Gasteiger partial charge on any atom is -0.365 e. The van der Waals surface area contributed by atoms with Gasteiger partial charge >= 0.3 is 0 Å². The van der Waals surface area contributed by atoms with E-state index in [1.54, 1.807) is 40.1 Å². The Bertz CT molecular complexity index is 1100. The zero-order valence-corrected chi connectivity index (χ0v) is 19.6. The largest absolute Gasteiger partial charge is 0.365 e. The number of hydrogen-bond acceptors (Lipinski definition) is 7. The van der Waals surface area contributed by atoms with Crippen LogP contribution in [0.1, 0.15) is 64.2 Å². The van der Waals surface area contributed by atoms with Gasteiger partial charge < -0.3 is 21.3 Å². The molecule has 0 bridgehead atoms. The van der Waals surface area contributed by atoms with Crippen molar-refractivity contribution < 1.29 is 9.59 Å². The van der Waals surface area contributed by atoms with Crippen LogP contribution < -0.4 is 16.4 Å². The quantitative estimate of drug-likeness (QED) is 0.682. The number of hydrogen-bond donors (Lipinski definition) is 2. The Morgan fingerprint density at radius 1 is 1.30 bits per heavy atom. The van der Waals surface area contributed by atoms with Gasteiger partial charge in [-0.1, -0.05) is 6.07 Å². The third-order valence-corrected chi connectivity index (χ3v) is 5.88. The number of aromatic nitrogens is 2. The van der Waals surface area contributed by atoms with E-state index in [1.165, 1.54) is 11.1 Å². The normalized spacial score (nSPS) is 16.2. The van der Waals surface area contributed by atoms with Crippen molar-refractivity contribution in [2.45, 2.75) is 44.6 Å². The van der Waals surface area contributed by atoms with Gasteiger partial charge in [-0.25, -0.2) is 9.97 Å². The molecule has 1 aliphatic rings. The molecule has 4 N–H and O–H groups in total. The van der Waals surface area contributed by atoms with Crippen LogP contribution in [-0.2, 0) is 11.8 Å². The number of rotatable bonds is 6. The smallest absolute Gasteiger partial charge is 0.253 e. The van der Waals surface area contributed by atoms with E-state index in [0.717, 1.165) is 24.9 Å². The van der Waals surface area contributed by atoms with Gasteiger partial charge in [0.15, 0.2) is 0 Å². The standard InChI is InChI=1S/C24H31N7O2/c1-24(2,14-25)17-9-15(8-16(11-17)22(33)30(3)4)10-20-19(21(27)32)12-28-23(29-20)31-7-5-6-18(26)13-31/h8-9,11-12,18H,5-7,10,13,26H2,1-4H3,(H2,27,32)/t18-/m0/s1. The van der Waals surface area contributed by atoms with Gasteiger partial charge in [-0.2, -0.15) is 5.26 Å².